The third-order valence-electron chi connectivity index (χ3n) is 6.39. The van der Waals surface area contributed by atoms with Crippen LogP contribution >= 0.6 is 0 Å². The number of aromatic hydroxyl groups is 1. The van der Waals surface area contributed by atoms with Gasteiger partial charge in [-0.05, 0) is 69.0 Å². The van der Waals surface area contributed by atoms with Crippen LogP contribution < -0.4 is 0 Å². The predicted molar refractivity (Wildman–Crippen MR) is 130 cm³/mol. The number of rotatable bonds is 5. The van der Waals surface area contributed by atoms with Gasteiger partial charge in [-0.15, -0.1) is 0 Å². The van der Waals surface area contributed by atoms with Crippen molar-refractivity contribution in [2.24, 2.45) is 10.9 Å². The molecule has 1 aromatic heterocycles. The maximum Gasteiger partial charge on any atom is 0.146 e. The average molecular weight is 432 g/mol. The molecule has 166 valence electrons. The third kappa shape index (κ3) is 4.44. The second-order valence-corrected chi connectivity index (χ2v) is 8.28. The lowest BCUT2D eigenvalue weighted by Crippen LogP contribution is -2.40. The summed E-state index contributed by atoms with van der Waals surface area (Å²) < 4.78 is 14.6. The zero-order valence-electron chi connectivity index (χ0n) is 18.7. The van der Waals surface area contributed by atoms with Crippen molar-refractivity contribution in [3.63, 3.8) is 0 Å². The van der Waals surface area contributed by atoms with Crippen molar-refractivity contribution in [3.8, 4) is 5.75 Å². The Morgan fingerprint density at radius 2 is 2.00 bits per heavy atom. The number of phenols is 1. The highest BCUT2D eigenvalue weighted by Crippen LogP contribution is 2.38. The molecule has 1 aromatic carbocycles. The molecule has 5 heteroatoms. The highest BCUT2D eigenvalue weighted by molar-refractivity contribution is 6.01. The Bertz CT molecular complexity index is 1120. The number of piperidine rings is 1. The Labute approximate surface area is 189 Å². The number of hydrogen-bond acceptors (Lipinski definition) is 4. The van der Waals surface area contributed by atoms with Gasteiger partial charge in [0.2, 0.25) is 0 Å². The molecule has 32 heavy (non-hydrogen) atoms. The van der Waals surface area contributed by atoms with Gasteiger partial charge in [-0.1, -0.05) is 42.5 Å². The maximum atomic E-state index is 14.6. The first-order valence-corrected chi connectivity index (χ1v) is 11.3. The average Bonchev–Trinajstić information content (AvgIpc) is 3.05. The molecule has 4 rings (SSSR count). The van der Waals surface area contributed by atoms with E-state index in [9.17, 15) is 9.50 Å². The van der Waals surface area contributed by atoms with Crippen LogP contribution in [0.3, 0.4) is 0 Å². The van der Waals surface area contributed by atoms with Gasteiger partial charge in [0.15, 0.2) is 0 Å². The Hall–Kier alpha value is -3.05. The van der Waals surface area contributed by atoms with Crippen molar-refractivity contribution < 1.29 is 9.50 Å². The van der Waals surface area contributed by atoms with E-state index in [0.29, 0.717) is 5.52 Å². The topological polar surface area (TPSA) is 48.7 Å². The molecule has 1 fully saturated rings. The maximum absolute atomic E-state index is 14.6. The van der Waals surface area contributed by atoms with Crippen molar-refractivity contribution >= 4 is 16.6 Å². The van der Waals surface area contributed by atoms with Gasteiger partial charge in [-0.25, -0.2) is 4.39 Å². The number of phenolic OH excluding ortho intramolecular Hbond substituents is 1. The second kappa shape index (κ2) is 10.0. The van der Waals surface area contributed by atoms with Gasteiger partial charge < -0.3 is 5.11 Å². The second-order valence-electron chi connectivity index (χ2n) is 8.28. The van der Waals surface area contributed by atoms with Crippen LogP contribution in [0.4, 0.5) is 4.39 Å². The smallest absolute Gasteiger partial charge is 0.146 e. The number of aliphatic imine (C=N–C) groups is 1. The lowest BCUT2D eigenvalue weighted by atomic mass is 9.86. The zero-order chi connectivity index (χ0) is 22.5. The summed E-state index contributed by atoms with van der Waals surface area (Å²) in [4.78, 5) is 11.3. The van der Waals surface area contributed by atoms with Crippen LogP contribution in [0.1, 0.15) is 37.8 Å². The standard InChI is InChI=1S/C27H30FN3O/c1-3-8-24(29-2)26(22-13-12-20-9-7-16-30-25(20)27(22)32)31-17-14-19(15-18-31)21-10-5-4-6-11-23(21)28/h3,5-13,16,19,26,32H,4,14-15,17-18H2,1-2H3/b8-3-,29-24?. The van der Waals surface area contributed by atoms with Crippen LogP contribution in [0.2, 0.25) is 0 Å². The number of fused-ring (bicyclic) bond motifs is 1. The van der Waals surface area contributed by atoms with Crippen molar-refractivity contribution in [3.05, 3.63) is 83.9 Å². The number of aromatic nitrogens is 1. The number of allylic oxidation sites excluding steroid dienone is 7. The summed E-state index contributed by atoms with van der Waals surface area (Å²) in [7, 11) is 1.79. The minimum Gasteiger partial charge on any atom is -0.505 e. The largest absolute Gasteiger partial charge is 0.505 e. The Kier molecular flexibility index (Phi) is 6.96. The van der Waals surface area contributed by atoms with E-state index in [-0.39, 0.29) is 23.5 Å². The lowest BCUT2D eigenvalue weighted by molar-refractivity contribution is 0.175. The van der Waals surface area contributed by atoms with Gasteiger partial charge in [0, 0.05) is 24.2 Å². The molecule has 1 saturated heterocycles. The molecule has 1 N–H and O–H groups in total. The normalized spacial score (nSPS) is 19.8. The number of likely N-dealkylation sites (tertiary alicyclic amines) is 1. The molecule has 0 amide bonds. The number of nitrogens with zero attached hydrogens (tertiary/aromatic N) is 3. The fourth-order valence-electron chi connectivity index (χ4n) is 4.79. The first-order chi connectivity index (χ1) is 15.6. The lowest BCUT2D eigenvalue weighted by Gasteiger charge is -2.38. The van der Waals surface area contributed by atoms with Crippen molar-refractivity contribution in [2.45, 2.75) is 32.2 Å². The van der Waals surface area contributed by atoms with E-state index in [2.05, 4.69) is 14.9 Å². The number of hydrogen-bond donors (Lipinski definition) is 1. The van der Waals surface area contributed by atoms with Crippen LogP contribution in [0, 0.1) is 5.92 Å². The van der Waals surface area contributed by atoms with E-state index in [1.807, 2.05) is 61.6 Å². The van der Waals surface area contributed by atoms with Gasteiger partial charge in [-0.2, -0.15) is 0 Å². The van der Waals surface area contributed by atoms with Crippen LogP contribution in [-0.2, 0) is 0 Å². The summed E-state index contributed by atoms with van der Waals surface area (Å²) >= 11 is 0. The monoisotopic (exact) mass is 431 g/mol. The van der Waals surface area contributed by atoms with Gasteiger partial charge >= 0.3 is 0 Å². The van der Waals surface area contributed by atoms with Gasteiger partial charge in [-0.3, -0.25) is 14.9 Å². The molecular formula is C27H30FN3O. The molecule has 4 nitrogen and oxygen atoms in total. The molecule has 0 spiro atoms. The number of halogens is 1. The molecular weight excluding hydrogens is 401 g/mol. The van der Waals surface area contributed by atoms with Crippen LogP contribution in [0.25, 0.3) is 10.9 Å². The van der Waals surface area contributed by atoms with E-state index in [1.54, 1.807) is 19.3 Å². The summed E-state index contributed by atoms with van der Waals surface area (Å²) in [5.74, 6) is 0.282. The first kappa shape index (κ1) is 22.2. The molecule has 2 aromatic rings. The van der Waals surface area contributed by atoms with Crippen LogP contribution in [-0.4, -0.2) is 40.8 Å². The SMILES string of the molecule is C/C=C\C(=NC)C(c1ccc2cccnc2c1O)N1CCC(C2=C(F)C=CCC=C2)CC1. The highest BCUT2D eigenvalue weighted by atomic mass is 19.1. The van der Waals surface area contributed by atoms with E-state index in [1.165, 1.54) is 0 Å². The summed E-state index contributed by atoms with van der Waals surface area (Å²) in [5, 5.41) is 12.0. The molecule has 1 atom stereocenters. The van der Waals surface area contributed by atoms with Gasteiger partial charge in [0.25, 0.3) is 0 Å². The zero-order valence-corrected chi connectivity index (χ0v) is 18.7. The van der Waals surface area contributed by atoms with E-state index in [4.69, 9.17) is 0 Å². The van der Waals surface area contributed by atoms with Gasteiger partial charge in [0.05, 0.1) is 11.8 Å². The minimum atomic E-state index is -0.188. The molecule has 1 aliphatic carbocycles. The van der Waals surface area contributed by atoms with Crippen LogP contribution in [0.5, 0.6) is 5.75 Å². The van der Waals surface area contributed by atoms with Crippen molar-refractivity contribution in [1.82, 2.24) is 9.88 Å². The highest BCUT2D eigenvalue weighted by Gasteiger charge is 2.32. The molecule has 1 aliphatic heterocycles. The van der Waals surface area contributed by atoms with Crippen molar-refractivity contribution in [1.29, 1.82) is 0 Å². The predicted octanol–water partition coefficient (Wildman–Crippen LogP) is 6.08. The summed E-state index contributed by atoms with van der Waals surface area (Å²) in [6.07, 6.45) is 15.6. The Morgan fingerprint density at radius 3 is 2.75 bits per heavy atom. The molecule has 0 bridgehead atoms. The molecule has 2 aliphatic rings. The Balaban J connectivity index is 1.66. The summed E-state index contributed by atoms with van der Waals surface area (Å²) in [5.41, 5.74) is 3.10. The molecule has 0 saturated carbocycles. The number of pyridine rings is 1. The van der Waals surface area contributed by atoms with E-state index >= 15 is 0 Å². The molecule has 0 radical (unpaired) electrons. The summed E-state index contributed by atoms with van der Waals surface area (Å²) in [6.45, 7) is 3.55. The van der Waals surface area contributed by atoms with Crippen LogP contribution in [0.15, 0.2) is 83.3 Å². The van der Waals surface area contributed by atoms with E-state index in [0.717, 1.165) is 54.6 Å². The van der Waals surface area contributed by atoms with Gasteiger partial charge in [0.1, 0.15) is 17.1 Å². The third-order valence-corrected chi connectivity index (χ3v) is 6.39. The Morgan fingerprint density at radius 1 is 1.22 bits per heavy atom. The molecule has 1 unspecified atom stereocenters. The first-order valence-electron chi connectivity index (χ1n) is 11.3. The number of benzene rings is 1. The minimum absolute atomic E-state index is 0.114. The summed E-state index contributed by atoms with van der Waals surface area (Å²) in [6, 6.07) is 7.61. The fourth-order valence-corrected chi connectivity index (χ4v) is 4.79. The quantitative estimate of drug-likeness (QED) is 0.584. The van der Waals surface area contributed by atoms with E-state index < -0.39 is 0 Å². The molecule has 2 heterocycles. The van der Waals surface area contributed by atoms with Crippen molar-refractivity contribution in [2.75, 3.05) is 20.1 Å². The fraction of sp³-hybridized carbons (Fsp3) is 0.333.